The zero-order chi connectivity index (χ0) is 13.1. The van der Waals surface area contributed by atoms with Crippen LogP contribution in [0.3, 0.4) is 0 Å². The Bertz CT molecular complexity index is 254. The average molecular weight is 240 g/mol. The molecule has 0 atom stereocenters. The number of carbonyl (C=O) groups is 2. The summed E-state index contributed by atoms with van der Waals surface area (Å²) >= 11 is 0. The van der Waals surface area contributed by atoms with Crippen molar-refractivity contribution in [2.45, 2.75) is 65.4 Å². The molecule has 0 bridgehead atoms. The van der Waals surface area contributed by atoms with Crippen molar-refractivity contribution in [1.29, 1.82) is 0 Å². The van der Waals surface area contributed by atoms with Crippen LogP contribution >= 0.6 is 0 Å². The molecule has 0 saturated heterocycles. The predicted molar refractivity (Wildman–Crippen MR) is 68.8 cm³/mol. The topological polar surface area (TPSA) is 43.4 Å². The average Bonchev–Trinajstić information content (AvgIpc) is 2.25. The molecule has 0 heterocycles. The molecule has 0 saturated carbocycles. The maximum absolute atomic E-state index is 11.4. The van der Waals surface area contributed by atoms with Crippen molar-refractivity contribution in [3.05, 3.63) is 12.2 Å². The van der Waals surface area contributed by atoms with E-state index in [0.29, 0.717) is 6.42 Å². The van der Waals surface area contributed by atoms with Gasteiger partial charge in [-0.15, -0.1) is 0 Å². The van der Waals surface area contributed by atoms with Crippen molar-refractivity contribution >= 4 is 11.8 Å². The van der Waals surface area contributed by atoms with Gasteiger partial charge in [0.2, 0.25) is 0 Å². The molecular weight excluding hydrogens is 216 g/mol. The smallest absolute Gasteiger partial charge is 0.331 e. The Morgan fingerprint density at radius 2 is 1.71 bits per heavy atom. The number of ether oxygens (including phenoxy) is 1. The van der Waals surface area contributed by atoms with E-state index in [9.17, 15) is 9.59 Å². The lowest BCUT2D eigenvalue weighted by molar-refractivity contribution is -0.141. The van der Waals surface area contributed by atoms with Crippen LogP contribution in [0.25, 0.3) is 0 Å². The van der Waals surface area contributed by atoms with E-state index in [1.807, 2.05) is 0 Å². The summed E-state index contributed by atoms with van der Waals surface area (Å²) in [5.74, 6) is -0.443. The third-order valence-electron chi connectivity index (χ3n) is 2.28. The molecule has 0 unspecified atom stereocenters. The second-order valence-electron chi connectivity index (χ2n) is 4.45. The highest BCUT2D eigenvalue weighted by Gasteiger charge is 2.02. The summed E-state index contributed by atoms with van der Waals surface area (Å²) < 4.78 is 4.88. The molecule has 0 radical (unpaired) electrons. The molecule has 0 aliphatic rings. The Morgan fingerprint density at radius 3 is 2.29 bits per heavy atom. The van der Waals surface area contributed by atoms with Gasteiger partial charge in [-0.2, -0.15) is 0 Å². The van der Waals surface area contributed by atoms with Crippen molar-refractivity contribution < 1.29 is 14.3 Å². The molecule has 0 N–H and O–H groups in total. The number of hydrogen-bond acceptors (Lipinski definition) is 3. The van der Waals surface area contributed by atoms with Crippen LogP contribution in [-0.2, 0) is 14.3 Å². The van der Waals surface area contributed by atoms with E-state index in [1.54, 1.807) is 13.8 Å². The SMILES string of the molecule is CCCCCCCC(=O)/C=C/C(=O)OC(C)C. The molecule has 0 aromatic rings. The second-order valence-corrected chi connectivity index (χ2v) is 4.45. The number of esters is 1. The summed E-state index contributed by atoms with van der Waals surface area (Å²) in [6.07, 6.45) is 8.53. The highest BCUT2D eigenvalue weighted by molar-refractivity contribution is 5.95. The molecule has 0 aliphatic heterocycles. The molecule has 0 aliphatic carbocycles. The second kappa shape index (κ2) is 10.1. The quantitative estimate of drug-likeness (QED) is 0.352. The lowest BCUT2D eigenvalue weighted by Gasteiger charge is -2.03. The normalized spacial score (nSPS) is 11.1. The van der Waals surface area contributed by atoms with E-state index in [2.05, 4.69) is 6.92 Å². The van der Waals surface area contributed by atoms with Crippen LogP contribution in [0, 0.1) is 0 Å². The van der Waals surface area contributed by atoms with Crippen LogP contribution in [0.2, 0.25) is 0 Å². The van der Waals surface area contributed by atoms with Gasteiger partial charge in [-0.3, -0.25) is 4.79 Å². The minimum atomic E-state index is -0.445. The summed E-state index contributed by atoms with van der Waals surface area (Å²) in [7, 11) is 0. The molecule has 0 spiro atoms. The fourth-order valence-corrected chi connectivity index (χ4v) is 1.42. The zero-order valence-corrected chi connectivity index (χ0v) is 11.2. The molecule has 0 fully saturated rings. The Morgan fingerprint density at radius 1 is 1.06 bits per heavy atom. The molecule has 0 amide bonds. The van der Waals surface area contributed by atoms with Gasteiger partial charge in [0.15, 0.2) is 5.78 Å². The lowest BCUT2D eigenvalue weighted by Crippen LogP contribution is -2.09. The Kier molecular flexibility index (Phi) is 9.40. The highest BCUT2D eigenvalue weighted by atomic mass is 16.5. The van der Waals surface area contributed by atoms with E-state index >= 15 is 0 Å². The van der Waals surface area contributed by atoms with Gasteiger partial charge in [-0.25, -0.2) is 4.79 Å². The summed E-state index contributed by atoms with van der Waals surface area (Å²) in [5, 5.41) is 0. The number of carbonyl (C=O) groups excluding carboxylic acids is 2. The molecule has 3 nitrogen and oxygen atoms in total. The van der Waals surface area contributed by atoms with Crippen molar-refractivity contribution in [3.63, 3.8) is 0 Å². The Hall–Kier alpha value is -1.12. The summed E-state index contributed by atoms with van der Waals surface area (Å²) in [4.78, 5) is 22.5. The van der Waals surface area contributed by atoms with Gasteiger partial charge in [-0.05, 0) is 26.3 Å². The third-order valence-corrected chi connectivity index (χ3v) is 2.28. The number of rotatable bonds is 9. The minimum Gasteiger partial charge on any atom is -0.460 e. The lowest BCUT2D eigenvalue weighted by atomic mass is 10.1. The van der Waals surface area contributed by atoms with Gasteiger partial charge in [0, 0.05) is 12.5 Å². The van der Waals surface area contributed by atoms with Crippen molar-refractivity contribution in [3.8, 4) is 0 Å². The van der Waals surface area contributed by atoms with Gasteiger partial charge < -0.3 is 4.74 Å². The molecule has 3 heteroatoms. The van der Waals surface area contributed by atoms with Crippen molar-refractivity contribution in [1.82, 2.24) is 0 Å². The minimum absolute atomic E-state index is 0.00204. The number of hydrogen-bond donors (Lipinski definition) is 0. The first-order valence-electron chi connectivity index (χ1n) is 6.47. The van der Waals surface area contributed by atoms with Crippen LogP contribution in [0.5, 0.6) is 0 Å². The third kappa shape index (κ3) is 11.1. The summed E-state index contributed by atoms with van der Waals surface area (Å²) in [5.41, 5.74) is 0. The number of unbranched alkanes of at least 4 members (excludes halogenated alkanes) is 4. The standard InChI is InChI=1S/C14H24O3/c1-4-5-6-7-8-9-13(15)10-11-14(16)17-12(2)3/h10-12H,4-9H2,1-3H3/b11-10+. The van der Waals surface area contributed by atoms with Crippen LogP contribution in [0.1, 0.15) is 59.3 Å². The number of allylic oxidation sites excluding steroid dienone is 1. The molecule has 0 rings (SSSR count). The maximum Gasteiger partial charge on any atom is 0.331 e. The fourth-order valence-electron chi connectivity index (χ4n) is 1.42. The molecule has 0 aromatic carbocycles. The van der Waals surface area contributed by atoms with E-state index < -0.39 is 5.97 Å². The first-order chi connectivity index (χ1) is 8.06. The zero-order valence-electron chi connectivity index (χ0n) is 11.2. The fraction of sp³-hybridized carbons (Fsp3) is 0.714. The molecule has 17 heavy (non-hydrogen) atoms. The summed E-state index contributed by atoms with van der Waals surface area (Å²) in [6.45, 7) is 5.72. The van der Waals surface area contributed by atoms with Crippen molar-refractivity contribution in [2.24, 2.45) is 0 Å². The van der Waals surface area contributed by atoms with Crippen LogP contribution < -0.4 is 0 Å². The largest absolute Gasteiger partial charge is 0.460 e. The van der Waals surface area contributed by atoms with E-state index in [-0.39, 0.29) is 11.9 Å². The van der Waals surface area contributed by atoms with Crippen LogP contribution in [0.15, 0.2) is 12.2 Å². The molecule has 0 aromatic heterocycles. The van der Waals surface area contributed by atoms with E-state index in [1.165, 1.54) is 31.4 Å². The first kappa shape index (κ1) is 15.9. The van der Waals surface area contributed by atoms with Gasteiger partial charge in [0.25, 0.3) is 0 Å². The molecule has 98 valence electrons. The van der Waals surface area contributed by atoms with Gasteiger partial charge in [0.05, 0.1) is 6.10 Å². The monoisotopic (exact) mass is 240 g/mol. The van der Waals surface area contributed by atoms with E-state index in [0.717, 1.165) is 12.8 Å². The first-order valence-corrected chi connectivity index (χ1v) is 6.47. The Balaban J connectivity index is 3.63. The van der Waals surface area contributed by atoms with Crippen molar-refractivity contribution in [2.75, 3.05) is 0 Å². The van der Waals surface area contributed by atoms with Crippen LogP contribution in [-0.4, -0.2) is 17.9 Å². The number of ketones is 1. The maximum atomic E-state index is 11.4. The van der Waals surface area contributed by atoms with Gasteiger partial charge in [0.1, 0.15) is 0 Å². The molecular formula is C14H24O3. The van der Waals surface area contributed by atoms with Gasteiger partial charge in [-0.1, -0.05) is 32.6 Å². The predicted octanol–water partition coefficient (Wildman–Crippen LogP) is 3.42. The summed E-state index contributed by atoms with van der Waals surface area (Å²) in [6, 6.07) is 0. The highest BCUT2D eigenvalue weighted by Crippen LogP contribution is 2.05. The van der Waals surface area contributed by atoms with E-state index in [4.69, 9.17) is 4.74 Å². The van der Waals surface area contributed by atoms with Crippen LogP contribution in [0.4, 0.5) is 0 Å². The Labute approximate surface area is 104 Å². The van der Waals surface area contributed by atoms with Gasteiger partial charge >= 0.3 is 5.97 Å².